The van der Waals surface area contributed by atoms with Gasteiger partial charge in [-0.05, 0) is 18.2 Å². The van der Waals surface area contributed by atoms with Crippen LogP contribution in [0.15, 0.2) is 41.3 Å². The number of para-hydroxylation sites is 2. The summed E-state index contributed by atoms with van der Waals surface area (Å²) in [6.45, 7) is 1.85. The fourth-order valence-corrected chi connectivity index (χ4v) is 4.22. The normalized spacial score (nSPS) is 14.9. The number of pyridine rings is 1. The zero-order valence-electron chi connectivity index (χ0n) is 17.3. The molecule has 0 aliphatic carbocycles. The van der Waals surface area contributed by atoms with Gasteiger partial charge in [-0.1, -0.05) is 23.7 Å². The SMILES string of the molecule is Cn1c(=O)n(CCC(=O)N2CCN(c3ncc(C(F)(F)F)cc3Cl)CC2)c2ccccc21. The Balaban J connectivity index is 1.38. The van der Waals surface area contributed by atoms with Crippen molar-refractivity contribution in [2.24, 2.45) is 7.05 Å². The Morgan fingerprint density at radius 3 is 2.41 bits per heavy atom. The van der Waals surface area contributed by atoms with Crippen molar-refractivity contribution >= 4 is 34.4 Å². The second kappa shape index (κ2) is 8.50. The third-order valence-electron chi connectivity index (χ3n) is 5.68. The fourth-order valence-electron chi connectivity index (χ4n) is 3.93. The summed E-state index contributed by atoms with van der Waals surface area (Å²) in [6, 6.07) is 8.27. The number of hydrogen-bond donors (Lipinski definition) is 0. The largest absolute Gasteiger partial charge is 0.417 e. The maximum Gasteiger partial charge on any atom is 0.417 e. The van der Waals surface area contributed by atoms with Crippen molar-refractivity contribution in [2.75, 3.05) is 31.1 Å². The van der Waals surface area contributed by atoms with Gasteiger partial charge in [-0.3, -0.25) is 13.9 Å². The predicted molar refractivity (Wildman–Crippen MR) is 115 cm³/mol. The molecule has 0 radical (unpaired) electrons. The molecule has 0 saturated carbocycles. The molecular formula is C21H21ClF3N5O2. The van der Waals surface area contributed by atoms with Gasteiger partial charge in [0.2, 0.25) is 5.91 Å². The molecular weight excluding hydrogens is 447 g/mol. The van der Waals surface area contributed by atoms with Crippen LogP contribution in [0.4, 0.5) is 19.0 Å². The maximum atomic E-state index is 12.8. The quantitative estimate of drug-likeness (QED) is 0.591. The molecule has 32 heavy (non-hydrogen) atoms. The highest BCUT2D eigenvalue weighted by Gasteiger charge is 2.32. The van der Waals surface area contributed by atoms with Gasteiger partial charge in [0, 0.05) is 52.4 Å². The fraction of sp³-hybridized carbons (Fsp3) is 0.381. The number of carbonyl (C=O) groups excluding carboxylic acids is 1. The average Bonchev–Trinajstić information content (AvgIpc) is 3.01. The van der Waals surface area contributed by atoms with E-state index in [-0.39, 0.29) is 35.4 Å². The molecule has 11 heteroatoms. The van der Waals surface area contributed by atoms with E-state index in [9.17, 15) is 22.8 Å². The van der Waals surface area contributed by atoms with Crippen LogP contribution in [0, 0.1) is 0 Å². The molecule has 0 unspecified atom stereocenters. The second-order valence-electron chi connectivity index (χ2n) is 7.63. The number of fused-ring (bicyclic) bond motifs is 1. The summed E-state index contributed by atoms with van der Waals surface area (Å²) < 4.78 is 41.6. The van der Waals surface area contributed by atoms with E-state index in [4.69, 9.17) is 11.6 Å². The zero-order chi connectivity index (χ0) is 23.0. The lowest BCUT2D eigenvalue weighted by atomic mass is 10.2. The van der Waals surface area contributed by atoms with Crippen LogP contribution in [-0.2, 0) is 24.6 Å². The number of aromatic nitrogens is 3. The van der Waals surface area contributed by atoms with Gasteiger partial charge in [0.1, 0.15) is 5.82 Å². The van der Waals surface area contributed by atoms with Gasteiger partial charge in [-0.2, -0.15) is 13.2 Å². The Morgan fingerprint density at radius 2 is 1.78 bits per heavy atom. The first-order chi connectivity index (χ1) is 15.2. The van der Waals surface area contributed by atoms with Crippen LogP contribution in [0.3, 0.4) is 0 Å². The number of carbonyl (C=O) groups is 1. The van der Waals surface area contributed by atoms with Gasteiger partial charge in [0.15, 0.2) is 0 Å². The molecule has 1 amide bonds. The molecule has 1 aliphatic rings. The van der Waals surface area contributed by atoms with Crippen LogP contribution in [0.1, 0.15) is 12.0 Å². The van der Waals surface area contributed by atoms with E-state index < -0.39 is 11.7 Å². The molecule has 0 bridgehead atoms. The van der Waals surface area contributed by atoms with Gasteiger partial charge < -0.3 is 9.80 Å². The highest BCUT2D eigenvalue weighted by Crippen LogP contribution is 2.33. The molecule has 0 atom stereocenters. The molecule has 7 nitrogen and oxygen atoms in total. The Labute approximate surface area is 186 Å². The maximum absolute atomic E-state index is 12.8. The van der Waals surface area contributed by atoms with Crippen LogP contribution >= 0.6 is 11.6 Å². The molecule has 1 aliphatic heterocycles. The number of piperazine rings is 1. The summed E-state index contributed by atoms with van der Waals surface area (Å²) in [7, 11) is 1.70. The topological polar surface area (TPSA) is 63.4 Å². The van der Waals surface area contributed by atoms with Crippen molar-refractivity contribution < 1.29 is 18.0 Å². The van der Waals surface area contributed by atoms with Gasteiger partial charge in [0.05, 0.1) is 21.6 Å². The molecule has 0 spiro atoms. The first-order valence-electron chi connectivity index (χ1n) is 10.1. The highest BCUT2D eigenvalue weighted by molar-refractivity contribution is 6.33. The molecule has 1 aromatic carbocycles. The minimum atomic E-state index is -4.51. The summed E-state index contributed by atoms with van der Waals surface area (Å²) >= 11 is 6.03. The van der Waals surface area contributed by atoms with E-state index in [0.29, 0.717) is 26.2 Å². The molecule has 4 rings (SSSR count). The van der Waals surface area contributed by atoms with E-state index in [1.807, 2.05) is 24.3 Å². The Hall–Kier alpha value is -3.01. The molecule has 1 saturated heterocycles. The molecule has 2 aromatic heterocycles. The minimum absolute atomic E-state index is 0.0741. The second-order valence-corrected chi connectivity index (χ2v) is 8.03. The minimum Gasteiger partial charge on any atom is -0.352 e. The van der Waals surface area contributed by atoms with Crippen LogP contribution in [0.2, 0.25) is 5.02 Å². The number of rotatable bonds is 4. The monoisotopic (exact) mass is 467 g/mol. The van der Waals surface area contributed by atoms with Gasteiger partial charge in [-0.25, -0.2) is 9.78 Å². The first-order valence-corrected chi connectivity index (χ1v) is 10.4. The van der Waals surface area contributed by atoms with Gasteiger partial charge in [0.25, 0.3) is 0 Å². The van der Waals surface area contributed by atoms with Crippen LogP contribution < -0.4 is 10.6 Å². The van der Waals surface area contributed by atoms with E-state index in [0.717, 1.165) is 23.3 Å². The standard InChI is InChI=1S/C21H21ClF3N5O2/c1-27-16-4-2-3-5-17(16)30(20(27)32)7-6-18(31)28-8-10-29(11-9-28)19-15(22)12-14(13-26-19)21(23,24)25/h2-5,12-13H,6-11H2,1H3. The zero-order valence-corrected chi connectivity index (χ0v) is 18.0. The average molecular weight is 468 g/mol. The number of nitrogens with zero attached hydrogens (tertiary/aromatic N) is 5. The van der Waals surface area contributed by atoms with E-state index in [1.54, 1.807) is 26.0 Å². The lowest BCUT2D eigenvalue weighted by molar-refractivity contribution is -0.137. The van der Waals surface area contributed by atoms with Crippen molar-refractivity contribution in [3.8, 4) is 0 Å². The van der Waals surface area contributed by atoms with E-state index in [1.165, 1.54) is 0 Å². The summed E-state index contributed by atoms with van der Waals surface area (Å²) in [6.07, 6.45) is -3.57. The van der Waals surface area contributed by atoms with Crippen molar-refractivity contribution in [1.82, 2.24) is 19.0 Å². The number of alkyl halides is 3. The lowest BCUT2D eigenvalue weighted by Crippen LogP contribution is -2.49. The van der Waals surface area contributed by atoms with Crippen molar-refractivity contribution in [2.45, 2.75) is 19.1 Å². The summed E-state index contributed by atoms with van der Waals surface area (Å²) in [5, 5.41) is -0.0741. The van der Waals surface area contributed by atoms with Crippen LogP contribution in [0.5, 0.6) is 0 Å². The Morgan fingerprint density at radius 1 is 1.12 bits per heavy atom. The lowest BCUT2D eigenvalue weighted by Gasteiger charge is -2.36. The van der Waals surface area contributed by atoms with Crippen molar-refractivity contribution in [3.63, 3.8) is 0 Å². The Kier molecular flexibility index (Phi) is 5.89. The number of benzene rings is 1. The van der Waals surface area contributed by atoms with Gasteiger partial charge in [-0.15, -0.1) is 0 Å². The van der Waals surface area contributed by atoms with Crippen molar-refractivity contribution in [1.29, 1.82) is 0 Å². The van der Waals surface area contributed by atoms with E-state index in [2.05, 4.69) is 4.98 Å². The molecule has 1 fully saturated rings. The highest BCUT2D eigenvalue weighted by atomic mass is 35.5. The number of hydrogen-bond acceptors (Lipinski definition) is 4. The molecule has 170 valence electrons. The molecule has 0 N–H and O–H groups in total. The molecule has 3 aromatic rings. The van der Waals surface area contributed by atoms with Crippen LogP contribution in [-0.4, -0.2) is 51.1 Å². The van der Waals surface area contributed by atoms with E-state index >= 15 is 0 Å². The summed E-state index contributed by atoms with van der Waals surface area (Å²) in [5.41, 5.74) is 0.510. The third-order valence-corrected chi connectivity index (χ3v) is 5.96. The number of imidazole rings is 1. The predicted octanol–water partition coefficient (Wildman–Crippen LogP) is 3.15. The number of halogens is 4. The molecule has 3 heterocycles. The summed E-state index contributed by atoms with van der Waals surface area (Å²) in [5.74, 6) is 0.185. The van der Waals surface area contributed by atoms with Crippen LogP contribution in [0.25, 0.3) is 11.0 Å². The first kappa shape index (κ1) is 22.2. The third kappa shape index (κ3) is 4.19. The van der Waals surface area contributed by atoms with Gasteiger partial charge >= 0.3 is 11.9 Å². The Bertz CT molecular complexity index is 1210. The number of amides is 1. The number of anilines is 1. The van der Waals surface area contributed by atoms with Crippen molar-refractivity contribution in [3.05, 3.63) is 57.6 Å². The number of aryl methyl sites for hydroxylation is 2. The smallest absolute Gasteiger partial charge is 0.352 e. The summed E-state index contributed by atoms with van der Waals surface area (Å²) in [4.78, 5) is 32.5.